The van der Waals surface area contributed by atoms with Crippen LogP contribution in [0, 0.1) is 11.8 Å². The molecule has 1 saturated carbocycles. The highest BCUT2D eigenvalue weighted by Gasteiger charge is 2.33. The largest absolute Gasteiger partial charge is 0.397 e. The first kappa shape index (κ1) is 11.5. The van der Waals surface area contributed by atoms with Gasteiger partial charge in [-0.3, -0.25) is 0 Å². The van der Waals surface area contributed by atoms with Crippen LogP contribution in [0.3, 0.4) is 0 Å². The Hall–Kier alpha value is -1.62. The van der Waals surface area contributed by atoms with Crippen LogP contribution in [0.25, 0.3) is 11.4 Å². The molecule has 2 N–H and O–H groups in total. The van der Waals surface area contributed by atoms with Crippen molar-refractivity contribution in [1.82, 2.24) is 20.2 Å². The van der Waals surface area contributed by atoms with Crippen LogP contribution < -0.4 is 5.73 Å². The molecule has 0 spiro atoms. The summed E-state index contributed by atoms with van der Waals surface area (Å²) in [6.07, 6.45) is 1.24. The van der Waals surface area contributed by atoms with Gasteiger partial charge in [0.05, 0.1) is 10.7 Å². The minimum Gasteiger partial charge on any atom is -0.397 e. The minimum absolute atomic E-state index is 0.527. The summed E-state index contributed by atoms with van der Waals surface area (Å²) in [6.45, 7) is 3.08. The molecule has 2 aromatic rings. The van der Waals surface area contributed by atoms with Crippen LogP contribution in [0.5, 0.6) is 0 Å². The van der Waals surface area contributed by atoms with E-state index in [0.29, 0.717) is 22.5 Å². The predicted octanol–water partition coefficient (Wildman–Crippen LogP) is 2.23. The Morgan fingerprint density at radius 3 is 3.00 bits per heavy atom. The number of aromatic nitrogens is 4. The van der Waals surface area contributed by atoms with Gasteiger partial charge in [0.1, 0.15) is 0 Å². The number of nitrogens with two attached hydrogens (primary N) is 1. The van der Waals surface area contributed by atoms with Crippen molar-refractivity contribution in [3.63, 3.8) is 0 Å². The Labute approximate surface area is 110 Å². The van der Waals surface area contributed by atoms with Gasteiger partial charge in [0, 0.05) is 12.1 Å². The van der Waals surface area contributed by atoms with Crippen LogP contribution in [-0.2, 0) is 6.54 Å². The van der Waals surface area contributed by atoms with E-state index in [1.165, 1.54) is 6.42 Å². The van der Waals surface area contributed by atoms with Crippen molar-refractivity contribution in [2.24, 2.45) is 11.8 Å². The Bertz CT molecular complexity index is 580. The number of hydrogen-bond donors (Lipinski definition) is 1. The fourth-order valence-electron chi connectivity index (χ4n) is 2.13. The molecule has 1 aliphatic rings. The molecule has 3 rings (SSSR count). The highest BCUT2D eigenvalue weighted by Crippen LogP contribution is 2.39. The number of nitrogen functional groups attached to an aromatic ring is 1. The lowest BCUT2D eigenvalue weighted by Crippen LogP contribution is -2.06. The summed E-state index contributed by atoms with van der Waals surface area (Å²) in [5.41, 5.74) is 7.29. The molecule has 18 heavy (non-hydrogen) atoms. The van der Waals surface area contributed by atoms with Crippen molar-refractivity contribution >= 4 is 17.3 Å². The molecule has 5 nitrogen and oxygen atoms in total. The van der Waals surface area contributed by atoms with Gasteiger partial charge < -0.3 is 5.73 Å². The summed E-state index contributed by atoms with van der Waals surface area (Å²) in [7, 11) is 0. The average molecular weight is 264 g/mol. The second-order valence-corrected chi connectivity index (χ2v) is 5.27. The lowest BCUT2D eigenvalue weighted by atomic mass is 10.1. The van der Waals surface area contributed by atoms with Gasteiger partial charge in [-0.2, -0.15) is 0 Å². The van der Waals surface area contributed by atoms with Gasteiger partial charge in [-0.05, 0) is 40.8 Å². The number of para-hydroxylation sites is 1. The summed E-state index contributed by atoms with van der Waals surface area (Å²) in [4.78, 5) is 0. The maximum atomic E-state index is 6.02. The topological polar surface area (TPSA) is 69.6 Å². The Morgan fingerprint density at radius 2 is 2.28 bits per heavy atom. The van der Waals surface area contributed by atoms with E-state index in [-0.39, 0.29) is 0 Å². The van der Waals surface area contributed by atoms with E-state index in [2.05, 4.69) is 22.4 Å². The minimum atomic E-state index is 0.527. The van der Waals surface area contributed by atoms with Crippen molar-refractivity contribution in [1.29, 1.82) is 0 Å². The number of rotatable bonds is 3. The lowest BCUT2D eigenvalue weighted by molar-refractivity contribution is 0.528. The van der Waals surface area contributed by atoms with Gasteiger partial charge in [-0.1, -0.05) is 24.6 Å². The Morgan fingerprint density at radius 1 is 1.50 bits per heavy atom. The van der Waals surface area contributed by atoms with Crippen molar-refractivity contribution in [3.8, 4) is 11.4 Å². The molecular formula is C12H14ClN5. The van der Waals surface area contributed by atoms with Gasteiger partial charge >= 0.3 is 0 Å². The number of nitrogens with zero attached hydrogens (tertiary/aromatic N) is 4. The number of tetrazole rings is 1. The van der Waals surface area contributed by atoms with Crippen molar-refractivity contribution < 1.29 is 0 Å². The molecule has 94 valence electrons. The first-order valence-electron chi connectivity index (χ1n) is 5.97. The second-order valence-electron chi connectivity index (χ2n) is 4.86. The zero-order chi connectivity index (χ0) is 12.7. The van der Waals surface area contributed by atoms with E-state index in [1.807, 2.05) is 16.8 Å². The molecule has 1 heterocycles. The molecule has 1 aliphatic carbocycles. The van der Waals surface area contributed by atoms with Crippen LogP contribution in [0.1, 0.15) is 13.3 Å². The van der Waals surface area contributed by atoms with E-state index in [0.717, 1.165) is 18.0 Å². The summed E-state index contributed by atoms with van der Waals surface area (Å²) in [5, 5.41) is 12.4. The van der Waals surface area contributed by atoms with Crippen LogP contribution in [0.2, 0.25) is 5.02 Å². The van der Waals surface area contributed by atoms with E-state index in [9.17, 15) is 0 Å². The predicted molar refractivity (Wildman–Crippen MR) is 69.9 cm³/mol. The summed E-state index contributed by atoms with van der Waals surface area (Å²) < 4.78 is 1.82. The highest BCUT2D eigenvalue weighted by atomic mass is 35.5. The zero-order valence-electron chi connectivity index (χ0n) is 10.0. The Kier molecular flexibility index (Phi) is 2.70. The first-order chi connectivity index (χ1) is 8.66. The number of halogens is 1. The third kappa shape index (κ3) is 1.95. The molecule has 1 fully saturated rings. The maximum Gasteiger partial charge on any atom is 0.184 e. The van der Waals surface area contributed by atoms with Crippen molar-refractivity contribution in [3.05, 3.63) is 23.2 Å². The molecule has 2 atom stereocenters. The third-order valence-electron chi connectivity index (χ3n) is 3.51. The summed E-state index contributed by atoms with van der Waals surface area (Å²) in [6, 6.07) is 5.50. The van der Waals surface area contributed by atoms with Crippen LogP contribution in [0.15, 0.2) is 18.2 Å². The van der Waals surface area contributed by atoms with Crippen LogP contribution >= 0.6 is 11.6 Å². The van der Waals surface area contributed by atoms with Crippen LogP contribution in [0.4, 0.5) is 5.69 Å². The summed E-state index contributed by atoms with van der Waals surface area (Å²) >= 11 is 6.02. The number of hydrogen-bond acceptors (Lipinski definition) is 4. The standard InChI is InChI=1S/C12H14ClN5/c1-7-5-8(7)6-18-12(15-16-17-18)9-3-2-4-10(13)11(9)14/h2-4,7-8H,5-6,14H2,1H3. The van der Waals surface area contributed by atoms with Gasteiger partial charge in [-0.15, -0.1) is 5.10 Å². The molecule has 0 amide bonds. The quantitative estimate of drug-likeness (QED) is 0.862. The molecule has 0 aliphatic heterocycles. The normalized spacial score (nSPS) is 22.1. The third-order valence-corrected chi connectivity index (χ3v) is 3.84. The van der Waals surface area contributed by atoms with Crippen molar-refractivity contribution in [2.75, 3.05) is 5.73 Å². The molecule has 6 heteroatoms. The molecule has 2 unspecified atom stereocenters. The smallest absolute Gasteiger partial charge is 0.184 e. The van der Waals surface area contributed by atoms with Crippen LogP contribution in [-0.4, -0.2) is 20.2 Å². The average Bonchev–Trinajstić information content (AvgIpc) is 2.86. The molecule has 0 radical (unpaired) electrons. The molecule has 1 aromatic carbocycles. The molecule has 0 saturated heterocycles. The zero-order valence-corrected chi connectivity index (χ0v) is 10.8. The fraction of sp³-hybridized carbons (Fsp3) is 0.417. The van der Waals surface area contributed by atoms with Gasteiger partial charge in [0.25, 0.3) is 0 Å². The fourth-order valence-corrected chi connectivity index (χ4v) is 2.30. The SMILES string of the molecule is CC1CC1Cn1nnnc1-c1cccc(Cl)c1N. The van der Waals surface area contributed by atoms with E-state index < -0.39 is 0 Å². The Balaban J connectivity index is 1.96. The number of benzene rings is 1. The van der Waals surface area contributed by atoms with Gasteiger partial charge in [0.15, 0.2) is 5.82 Å². The molecule has 0 bridgehead atoms. The highest BCUT2D eigenvalue weighted by molar-refractivity contribution is 6.33. The second kappa shape index (κ2) is 4.24. The lowest BCUT2D eigenvalue weighted by Gasteiger charge is -2.07. The number of anilines is 1. The van der Waals surface area contributed by atoms with Crippen molar-refractivity contribution in [2.45, 2.75) is 19.9 Å². The van der Waals surface area contributed by atoms with E-state index in [4.69, 9.17) is 17.3 Å². The molecule has 1 aromatic heterocycles. The monoisotopic (exact) mass is 263 g/mol. The summed E-state index contributed by atoms with van der Waals surface area (Å²) in [5.74, 6) is 2.13. The van der Waals surface area contributed by atoms with E-state index in [1.54, 1.807) is 6.07 Å². The van der Waals surface area contributed by atoms with Gasteiger partial charge in [0.2, 0.25) is 0 Å². The molecular weight excluding hydrogens is 250 g/mol. The maximum absolute atomic E-state index is 6.02. The van der Waals surface area contributed by atoms with Gasteiger partial charge in [-0.25, -0.2) is 4.68 Å². The van der Waals surface area contributed by atoms with E-state index >= 15 is 0 Å². The first-order valence-corrected chi connectivity index (χ1v) is 6.35.